The highest BCUT2D eigenvalue weighted by Gasteiger charge is 1.92. The third-order valence-electron chi connectivity index (χ3n) is 0.893. The smallest absolute Gasteiger partial charge is 0.319 e. The van der Waals surface area contributed by atoms with E-state index in [1.165, 1.54) is 0 Å². The highest BCUT2D eigenvalue weighted by Crippen LogP contribution is 2.26. The van der Waals surface area contributed by atoms with Crippen LogP contribution in [0.1, 0.15) is 0 Å². The van der Waals surface area contributed by atoms with Gasteiger partial charge in [0.2, 0.25) is 0 Å². The fraction of sp³-hybridized carbons (Fsp3) is 0. The van der Waals surface area contributed by atoms with Crippen molar-refractivity contribution in [2.45, 2.75) is 0 Å². The van der Waals surface area contributed by atoms with Crippen LogP contribution in [-0.4, -0.2) is 19.8 Å². The fourth-order valence-electron chi connectivity index (χ4n) is 0.474. The summed E-state index contributed by atoms with van der Waals surface area (Å²) < 4.78 is 0. The van der Waals surface area contributed by atoms with Crippen LogP contribution in [0.5, 0.6) is 5.75 Å². The van der Waals surface area contributed by atoms with Crippen LogP contribution in [0.15, 0.2) is 24.3 Å². The van der Waals surface area contributed by atoms with Crippen LogP contribution < -0.4 is 5.73 Å². The van der Waals surface area contributed by atoms with Crippen molar-refractivity contribution in [2.75, 3.05) is 5.73 Å². The lowest BCUT2D eigenvalue weighted by atomic mass is 10.3. The first-order valence-electron chi connectivity index (χ1n) is 3.12. The van der Waals surface area contributed by atoms with E-state index < -0.39 is 6.72 Å². The van der Waals surface area contributed by atoms with Gasteiger partial charge in [0.15, 0.2) is 0 Å². The van der Waals surface area contributed by atoms with Crippen molar-refractivity contribution in [3.05, 3.63) is 24.3 Å². The van der Waals surface area contributed by atoms with Crippen molar-refractivity contribution >= 4 is 24.2 Å². The summed E-state index contributed by atoms with van der Waals surface area (Å²) in [6.45, 7) is -3.81. The fourth-order valence-corrected chi connectivity index (χ4v) is 0.474. The zero-order valence-electron chi connectivity index (χ0n) is 6.53. The Morgan fingerprint density at radius 3 is 1.62 bits per heavy atom. The minimum Gasteiger partial charge on any atom is -0.508 e. The quantitative estimate of drug-likeness (QED) is 0.244. The molecule has 0 spiro atoms. The molecule has 7 heteroatoms. The van der Waals surface area contributed by atoms with Gasteiger partial charge in [0.05, 0.1) is 0 Å². The predicted octanol–water partition coefficient (Wildman–Crippen LogP) is 0.162. The van der Waals surface area contributed by atoms with Crippen molar-refractivity contribution < 1.29 is 19.8 Å². The lowest BCUT2D eigenvalue weighted by Crippen LogP contribution is -1.80. The molecular formula is C6H10NO4PS. The molecule has 0 amide bonds. The molecule has 0 radical (unpaired) electrons. The Kier molecular flexibility index (Phi) is 4.90. The van der Waals surface area contributed by atoms with E-state index in [0.717, 1.165) is 0 Å². The topological polar surface area (TPSA) is 107 Å². The first kappa shape index (κ1) is 12.3. The van der Waals surface area contributed by atoms with Crippen LogP contribution >= 0.6 is 6.72 Å². The third kappa shape index (κ3) is 11.3. The summed E-state index contributed by atoms with van der Waals surface area (Å²) in [6, 6.07) is 6.40. The normalized spacial score (nSPS) is 10.1. The molecule has 0 atom stereocenters. The lowest BCUT2D eigenvalue weighted by Gasteiger charge is -1.89. The second kappa shape index (κ2) is 5.16. The van der Waals surface area contributed by atoms with E-state index >= 15 is 0 Å². The summed E-state index contributed by atoms with van der Waals surface area (Å²) in [4.78, 5) is 22.7. The number of phenols is 1. The molecule has 0 unspecified atom stereocenters. The lowest BCUT2D eigenvalue weighted by molar-refractivity contribution is 0.363. The average molecular weight is 223 g/mol. The Hall–Kier alpha value is -0.650. The second-order valence-corrected chi connectivity index (χ2v) is 4.60. The number of anilines is 1. The maximum atomic E-state index is 8.70. The van der Waals surface area contributed by atoms with Gasteiger partial charge in [-0.15, -0.1) is 0 Å². The SMILES string of the molecule is Nc1ccc(O)cc1.OP(O)(O)=S. The van der Waals surface area contributed by atoms with Crippen LogP contribution in [0.2, 0.25) is 0 Å². The molecule has 1 rings (SSSR count). The van der Waals surface area contributed by atoms with Crippen molar-refractivity contribution in [1.82, 2.24) is 0 Å². The van der Waals surface area contributed by atoms with E-state index in [1.54, 1.807) is 24.3 Å². The summed E-state index contributed by atoms with van der Waals surface area (Å²) in [5.74, 6) is 0.249. The zero-order chi connectivity index (χ0) is 10.5. The van der Waals surface area contributed by atoms with Crippen molar-refractivity contribution in [1.29, 1.82) is 0 Å². The molecule has 13 heavy (non-hydrogen) atoms. The average Bonchev–Trinajstić information content (AvgIpc) is 1.92. The first-order valence-corrected chi connectivity index (χ1v) is 5.78. The number of benzene rings is 1. The maximum absolute atomic E-state index is 8.70. The van der Waals surface area contributed by atoms with Gasteiger partial charge >= 0.3 is 6.72 Å². The first-order chi connectivity index (χ1) is 5.79. The van der Waals surface area contributed by atoms with E-state index in [9.17, 15) is 0 Å². The minimum absolute atomic E-state index is 0.249. The van der Waals surface area contributed by atoms with Gasteiger partial charge in [-0.1, -0.05) is 0 Å². The molecule has 74 valence electrons. The van der Waals surface area contributed by atoms with Crippen molar-refractivity contribution in [3.63, 3.8) is 0 Å². The van der Waals surface area contributed by atoms with Crippen LogP contribution in [0.25, 0.3) is 0 Å². The van der Waals surface area contributed by atoms with Gasteiger partial charge in [0.25, 0.3) is 0 Å². The van der Waals surface area contributed by atoms with Gasteiger partial charge in [-0.2, -0.15) is 0 Å². The zero-order valence-corrected chi connectivity index (χ0v) is 8.24. The number of phenolic OH excluding ortho intramolecular Hbond substituents is 1. The van der Waals surface area contributed by atoms with E-state index in [0.29, 0.717) is 5.69 Å². The van der Waals surface area contributed by atoms with Crippen molar-refractivity contribution in [3.8, 4) is 5.75 Å². The molecule has 0 aliphatic carbocycles. The highest BCUT2D eigenvalue weighted by atomic mass is 32.5. The second-order valence-electron chi connectivity index (χ2n) is 2.10. The Morgan fingerprint density at radius 1 is 1.08 bits per heavy atom. The van der Waals surface area contributed by atoms with Gasteiger partial charge in [-0.05, 0) is 36.1 Å². The van der Waals surface area contributed by atoms with Crippen LogP contribution in [0.4, 0.5) is 5.69 Å². The summed E-state index contributed by atoms with van der Waals surface area (Å²) in [5, 5.41) is 8.70. The molecule has 0 saturated carbocycles. The number of hydrogen-bond acceptors (Lipinski definition) is 3. The molecule has 1 aromatic carbocycles. The predicted molar refractivity (Wildman–Crippen MR) is 53.5 cm³/mol. The molecule has 6 N–H and O–H groups in total. The molecule has 1 aromatic rings. The monoisotopic (exact) mass is 223 g/mol. The Bertz CT molecular complexity index is 267. The van der Waals surface area contributed by atoms with Crippen LogP contribution in [0, 0.1) is 0 Å². The van der Waals surface area contributed by atoms with E-state index in [1.807, 2.05) is 0 Å². The molecule has 0 heterocycles. The molecule has 0 bridgehead atoms. The molecule has 0 saturated heterocycles. The third-order valence-corrected chi connectivity index (χ3v) is 0.893. The summed E-state index contributed by atoms with van der Waals surface area (Å²) in [6.07, 6.45) is 0. The minimum atomic E-state index is -3.81. The molecule has 5 nitrogen and oxygen atoms in total. The number of nitrogens with two attached hydrogens (primary N) is 1. The summed E-state index contributed by atoms with van der Waals surface area (Å²) in [7, 11) is 0. The van der Waals surface area contributed by atoms with E-state index in [4.69, 9.17) is 25.5 Å². The van der Waals surface area contributed by atoms with Crippen LogP contribution in [-0.2, 0) is 11.8 Å². The molecule has 0 fully saturated rings. The van der Waals surface area contributed by atoms with E-state index in [-0.39, 0.29) is 5.75 Å². The molecule has 0 aliphatic heterocycles. The highest BCUT2D eigenvalue weighted by molar-refractivity contribution is 8.06. The molecule has 0 aliphatic rings. The number of aromatic hydroxyl groups is 1. The number of nitrogen functional groups attached to an aromatic ring is 1. The van der Waals surface area contributed by atoms with Gasteiger partial charge in [0.1, 0.15) is 5.75 Å². The largest absolute Gasteiger partial charge is 0.508 e. The van der Waals surface area contributed by atoms with Gasteiger partial charge < -0.3 is 25.5 Å². The number of hydrogen-bond donors (Lipinski definition) is 5. The van der Waals surface area contributed by atoms with Gasteiger partial charge in [-0.3, -0.25) is 0 Å². The Labute approximate surface area is 80.3 Å². The summed E-state index contributed by atoms with van der Waals surface area (Å²) >= 11 is 3.60. The molecular weight excluding hydrogens is 213 g/mol. The molecule has 0 aromatic heterocycles. The van der Waals surface area contributed by atoms with Crippen molar-refractivity contribution in [2.24, 2.45) is 0 Å². The number of rotatable bonds is 0. The van der Waals surface area contributed by atoms with Gasteiger partial charge in [0, 0.05) is 5.69 Å². The van der Waals surface area contributed by atoms with E-state index in [2.05, 4.69) is 11.8 Å². The maximum Gasteiger partial charge on any atom is 0.319 e. The Balaban J connectivity index is 0.000000252. The van der Waals surface area contributed by atoms with Crippen LogP contribution in [0.3, 0.4) is 0 Å². The standard InChI is InChI=1S/C6H7NO.H3O3PS/c7-5-1-3-6(8)4-2-5;1-4(2,3)5/h1-4,8H,7H2;(H3,1,2,3,5). The Morgan fingerprint density at radius 2 is 1.38 bits per heavy atom. The summed E-state index contributed by atoms with van der Waals surface area (Å²) in [5.41, 5.74) is 5.98. The van der Waals surface area contributed by atoms with Gasteiger partial charge in [-0.25, -0.2) is 0 Å².